The standard InChI is InChI=1S/C12H15FN2O2/c1-15(10-3-6-17-7-4-10)12(16)9-2-5-14-11(13)8-9/h2,5,8,10H,3-4,6-7H2,1H3. The summed E-state index contributed by atoms with van der Waals surface area (Å²) in [5.41, 5.74) is 0.339. The Hall–Kier alpha value is -1.49. The Labute approximate surface area is 99.4 Å². The summed E-state index contributed by atoms with van der Waals surface area (Å²) in [5.74, 6) is -0.797. The van der Waals surface area contributed by atoms with Crippen LogP contribution in [0.2, 0.25) is 0 Å². The molecule has 0 aromatic carbocycles. The summed E-state index contributed by atoms with van der Waals surface area (Å²) in [6, 6.07) is 2.87. The van der Waals surface area contributed by atoms with Crippen LogP contribution >= 0.6 is 0 Å². The van der Waals surface area contributed by atoms with E-state index in [1.165, 1.54) is 12.3 Å². The Bertz CT molecular complexity index is 405. The highest BCUT2D eigenvalue weighted by Gasteiger charge is 2.23. The number of aromatic nitrogens is 1. The largest absolute Gasteiger partial charge is 0.381 e. The summed E-state index contributed by atoms with van der Waals surface area (Å²) in [7, 11) is 1.75. The van der Waals surface area contributed by atoms with Gasteiger partial charge in [-0.3, -0.25) is 4.79 Å². The van der Waals surface area contributed by atoms with E-state index in [1.54, 1.807) is 11.9 Å². The van der Waals surface area contributed by atoms with Crippen LogP contribution < -0.4 is 0 Å². The van der Waals surface area contributed by atoms with Crippen LogP contribution in [0.3, 0.4) is 0 Å². The Kier molecular flexibility index (Phi) is 3.68. The molecule has 1 saturated heterocycles. The van der Waals surface area contributed by atoms with Gasteiger partial charge in [0.1, 0.15) is 0 Å². The van der Waals surface area contributed by atoms with E-state index >= 15 is 0 Å². The Morgan fingerprint density at radius 3 is 2.88 bits per heavy atom. The minimum atomic E-state index is -0.628. The molecule has 1 amide bonds. The molecule has 2 heterocycles. The van der Waals surface area contributed by atoms with Crippen molar-refractivity contribution in [2.75, 3.05) is 20.3 Å². The maximum absolute atomic E-state index is 12.9. The van der Waals surface area contributed by atoms with E-state index in [4.69, 9.17) is 4.74 Å². The molecule has 17 heavy (non-hydrogen) atoms. The lowest BCUT2D eigenvalue weighted by Crippen LogP contribution is -2.40. The number of amides is 1. The minimum absolute atomic E-state index is 0.168. The molecule has 1 aromatic heterocycles. The minimum Gasteiger partial charge on any atom is -0.381 e. The molecule has 0 spiro atoms. The van der Waals surface area contributed by atoms with Crippen LogP contribution in [0.25, 0.3) is 0 Å². The highest BCUT2D eigenvalue weighted by atomic mass is 19.1. The van der Waals surface area contributed by atoms with Crippen molar-refractivity contribution in [3.05, 3.63) is 29.8 Å². The van der Waals surface area contributed by atoms with Crippen LogP contribution in [0.5, 0.6) is 0 Å². The molecule has 4 nitrogen and oxygen atoms in total. The van der Waals surface area contributed by atoms with Crippen molar-refractivity contribution in [3.8, 4) is 0 Å². The average Bonchev–Trinajstić information content (AvgIpc) is 2.38. The molecule has 5 heteroatoms. The molecule has 0 aliphatic carbocycles. The highest BCUT2D eigenvalue weighted by molar-refractivity contribution is 5.94. The van der Waals surface area contributed by atoms with Gasteiger partial charge in [0.15, 0.2) is 0 Å². The monoisotopic (exact) mass is 238 g/mol. The SMILES string of the molecule is CN(C(=O)c1ccnc(F)c1)C1CCOCC1. The third-order valence-corrected chi connectivity index (χ3v) is 3.03. The molecule has 0 unspecified atom stereocenters. The first kappa shape index (κ1) is 12.0. The Morgan fingerprint density at radius 1 is 1.53 bits per heavy atom. The van der Waals surface area contributed by atoms with Crippen LogP contribution in [-0.2, 0) is 4.74 Å². The zero-order valence-corrected chi connectivity index (χ0v) is 9.73. The van der Waals surface area contributed by atoms with Crippen LogP contribution in [0.1, 0.15) is 23.2 Å². The number of halogens is 1. The molecule has 0 bridgehead atoms. The van der Waals surface area contributed by atoms with Crippen molar-refractivity contribution in [1.82, 2.24) is 9.88 Å². The molecule has 0 N–H and O–H groups in total. The fraction of sp³-hybridized carbons (Fsp3) is 0.500. The maximum Gasteiger partial charge on any atom is 0.254 e. The van der Waals surface area contributed by atoms with E-state index < -0.39 is 5.95 Å². The Balaban J connectivity index is 2.08. The van der Waals surface area contributed by atoms with Gasteiger partial charge in [-0.2, -0.15) is 4.39 Å². The van der Waals surface area contributed by atoms with Gasteiger partial charge in [-0.15, -0.1) is 0 Å². The number of carbonyl (C=O) groups excluding carboxylic acids is 1. The van der Waals surface area contributed by atoms with Crippen LogP contribution in [0.15, 0.2) is 18.3 Å². The summed E-state index contributed by atoms with van der Waals surface area (Å²) >= 11 is 0. The second kappa shape index (κ2) is 5.23. The maximum atomic E-state index is 12.9. The molecule has 0 radical (unpaired) electrons. The van der Waals surface area contributed by atoms with Gasteiger partial charge in [0.05, 0.1) is 0 Å². The van der Waals surface area contributed by atoms with Crippen LogP contribution in [-0.4, -0.2) is 42.1 Å². The first-order valence-corrected chi connectivity index (χ1v) is 5.65. The van der Waals surface area contributed by atoms with Crippen molar-refractivity contribution in [2.45, 2.75) is 18.9 Å². The zero-order valence-electron chi connectivity index (χ0n) is 9.73. The quantitative estimate of drug-likeness (QED) is 0.733. The number of carbonyl (C=O) groups is 1. The van der Waals surface area contributed by atoms with Crippen molar-refractivity contribution < 1.29 is 13.9 Å². The molecular formula is C12H15FN2O2. The smallest absolute Gasteiger partial charge is 0.254 e. The molecule has 1 aliphatic heterocycles. The number of hydrogen-bond acceptors (Lipinski definition) is 3. The van der Waals surface area contributed by atoms with Crippen molar-refractivity contribution in [3.63, 3.8) is 0 Å². The predicted octanol–water partition coefficient (Wildman–Crippen LogP) is 1.47. The number of hydrogen-bond donors (Lipinski definition) is 0. The van der Waals surface area contributed by atoms with E-state index in [-0.39, 0.29) is 11.9 Å². The molecule has 0 atom stereocenters. The molecular weight excluding hydrogens is 223 g/mol. The lowest BCUT2D eigenvalue weighted by molar-refractivity contribution is 0.0361. The predicted molar refractivity (Wildman–Crippen MR) is 60.1 cm³/mol. The summed E-state index contributed by atoms with van der Waals surface area (Å²) in [4.78, 5) is 17.2. The molecule has 1 fully saturated rings. The average molecular weight is 238 g/mol. The molecule has 2 rings (SSSR count). The van der Waals surface area contributed by atoms with Crippen molar-refractivity contribution in [2.24, 2.45) is 0 Å². The molecule has 92 valence electrons. The zero-order chi connectivity index (χ0) is 12.3. The van der Waals surface area contributed by atoms with E-state index in [2.05, 4.69) is 4.98 Å². The second-order valence-electron chi connectivity index (χ2n) is 4.13. The topological polar surface area (TPSA) is 42.4 Å². The number of rotatable bonds is 2. The molecule has 0 saturated carbocycles. The fourth-order valence-electron chi connectivity index (χ4n) is 1.98. The lowest BCUT2D eigenvalue weighted by atomic mass is 10.1. The van der Waals surface area contributed by atoms with E-state index in [0.29, 0.717) is 18.8 Å². The van der Waals surface area contributed by atoms with Gasteiger partial charge in [0.25, 0.3) is 5.91 Å². The number of ether oxygens (including phenoxy) is 1. The van der Waals surface area contributed by atoms with Crippen LogP contribution in [0.4, 0.5) is 4.39 Å². The third kappa shape index (κ3) is 2.79. The van der Waals surface area contributed by atoms with Gasteiger partial charge in [-0.25, -0.2) is 4.98 Å². The van der Waals surface area contributed by atoms with E-state index in [0.717, 1.165) is 18.9 Å². The second-order valence-corrected chi connectivity index (χ2v) is 4.13. The van der Waals surface area contributed by atoms with Crippen molar-refractivity contribution in [1.29, 1.82) is 0 Å². The van der Waals surface area contributed by atoms with Gasteiger partial charge in [0.2, 0.25) is 5.95 Å². The van der Waals surface area contributed by atoms with E-state index in [9.17, 15) is 9.18 Å². The molecule has 1 aromatic rings. The van der Waals surface area contributed by atoms with Gasteiger partial charge in [0, 0.05) is 44.1 Å². The normalized spacial score (nSPS) is 16.8. The van der Waals surface area contributed by atoms with Gasteiger partial charge in [-0.05, 0) is 18.9 Å². The summed E-state index contributed by atoms with van der Waals surface area (Å²) in [6.07, 6.45) is 2.96. The first-order chi connectivity index (χ1) is 8.18. The number of pyridine rings is 1. The van der Waals surface area contributed by atoms with Crippen LogP contribution in [0, 0.1) is 5.95 Å². The Morgan fingerprint density at radius 2 is 2.24 bits per heavy atom. The third-order valence-electron chi connectivity index (χ3n) is 3.03. The molecule has 1 aliphatic rings. The summed E-state index contributed by atoms with van der Waals surface area (Å²) in [6.45, 7) is 1.35. The van der Waals surface area contributed by atoms with Gasteiger partial charge < -0.3 is 9.64 Å². The fourth-order valence-corrected chi connectivity index (χ4v) is 1.98. The number of nitrogens with zero attached hydrogens (tertiary/aromatic N) is 2. The van der Waals surface area contributed by atoms with E-state index in [1.807, 2.05) is 0 Å². The van der Waals surface area contributed by atoms with Gasteiger partial charge in [-0.1, -0.05) is 0 Å². The summed E-state index contributed by atoms with van der Waals surface area (Å²) < 4.78 is 18.2. The van der Waals surface area contributed by atoms with Gasteiger partial charge >= 0.3 is 0 Å². The highest BCUT2D eigenvalue weighted by Crippen LogP contribution is 2.15. The first-order valence-electron chi connectivity index (χ1n) is 5.65. The summed E-state index contributed by atoms with van der Waals surface area (Å²) in [5, 5.41) is 0. The lowest BCUT2D eigenvalue weighted by Gasteiger charge is -2.31. The van der Waals surface area contributed by atoms with Crippen molar-refractivity contribution >= 4 is 5.91 Å².